The number of nitroso groups, excluding NO2 is 1. The van der Waals surface area contributed by atoms with E-state index in [1.807, 2.05) is 19.2 Å². The van der Waals surface area contributed by atoms with Crippen LogP contribution in [0.2, 0.25) is 0 Å². The van der Waals surface area contributed by atoms with E-state index in [1.165, 1.54) is 5.56 Å². The van der Waals surface area contributed by atoms with Crippen molar-refractivity contribution in [3.8, 4) is 0 Å². The van der Waals surface area contributed by atoms with Gasteiger partial charge in [-0.25, -0.2) is 0 Å². The summed E-state index contributed by atoms with van der Waals surface area (Å²) in [6, 6.07) is 5.59. The fraction of sp³-hybridized carbons (Fsp3) is 0.400. The molecule has 0 spiro atoms. The molecule has 1 N–H and O–H groups in total. The van der Waals surface area contributed by atoms with Gasteiger partial charge in [0.15, 0.2) is 0 Å². The molecule has 0 saturated heterocycles. The Morgan fingerprint density at radius 3 is 2.79 bits per heavy atom. The summed E-state index contributed by atoms with van der Waals surface area (Å²) in [7, 11) is 3.03. The van der Waals surface area contributed by atoms with Crippen molar-refractivity contribution in [2.75, 3.05) is 25.6 Å². The molecule has 0 unspecified atom stereocenters. The molecule has 0 bridgehead atoms. The van der Waals surface area contributed by atoms with E-state index >= 15 is 0 Å². The zero-order valence-electron chi connectivity index (χ0n) is 8.40. The average Bonchev–Trinajstić information content (AvgIpc) is 2.63. The summed E-state index contributed by atoms with van der Waals surface area (Å²) in [5.74, 6) is 0. The summed E-state index contributed by atoms with van der Waals surface area (Å²) < 4.78 is 0. The van der Waals surface area contributed by atoms with Crippen molar-refractivity contribution < 1.29 is 5.11 Å². The minimum absolute atomic E-state index is 0.516. The molecule has 0 atom stereocenters. The van der Waals surface area contributed by atoms with Gasteiger partial charge in [0.25, 0.3) is 0 Å². The molecule has 0 fully saturated rings. The topological polar surface area (TPSA) is 52.9 Å². The number of rotatable bonds is 1. The highest BCUT2D eigenvalue weighted by Gasteiger charge is 2.15. The molecule has 0 amide bonds. The van der Waals surface area contributed by atoms with Gasteiger partial charge in [0.05, 0.1) is 0 Å². The van der Waals surface area contributed by atoms with Crippen molar-refractivity contribution in [2.45, 2.75) is 6.42 Å². The maximum Gasteiger partial charge on any atom is 0.110 e. The van der Waals surface area contributed by atoms with E-state index in [0.29, 0.717) is 5.69 Å². The minimum atomic E-state index is 0.516. The minimum Gasteiger partial charge on any atom is -0.400 e. The number of hydrogen-bond acceptors (Lipinski definition) is 4. The Balaban J connectivity index is 0.000000461. The number of hydrogen-bond donors (Lipinski definition) is 1. The molecule has 0 saturated carbocycles. The average molecular weight is 194 g/mol. The summed E-state index contributed by atoms with van der Waals surface area (Å²) in [5, 5.41) is 9.91. The van der Waals surface area contributed by atoms with Gasteiger partial charge in [0.1, 0.15) is 5.69 Å². The van der Waals surface area contributed by atoms with Crippen LogP contribution < -0.4 is 4.90 Å². The lowest BCUT2D eigenvalue weighted by Gasteiger charge is -2.10. The van der Waals surface area contributed by atoms with Gasteiger partial charge in [-0.05, 0) is 29.3 Å². The maximum absolute atomic E-state index is 10.2. The molecule has 1 aliphatic rings. The second-order valence-electron chi connectivity index (χ2n) is 3.08. The zero-order valence-corrected chi connectivity index (χ0v) is 8.40. The monoisotopic (exact) mass is 194 g/mol. The van der Waals surface area contributed by atoms with E-state index in [-0.39, 0.29) is 0 Å². The van der Waals surface area contributed by atoms with Gasteiger partial charge in [0.2, 0.25) is 0 Å². The first-order chi connectivity index (χ1) is 6.81. The number of likely N-dealkylation sites (N-methyl/N-ethyl adjacent to an activating group) is 1. The Hall–Kier alpha value is -1.42. The second-order valence-corrected chi connectivity index (χ2v) is 3.08. The number of aliphatic hydroxyl groups excluding tert-OH is 1. The highest BCUT2D eigenvalue weighted by molar-refractivity contribution is 5.63. The lowest BCUT2D eigenvalue weighted by atomic mass is 10.1. The number of nitrogens with zero attached hydrogens (tertiary/aromatic N) is 2. The molecule has 0 aliphatic carbocycles. The first kappa shape index (κ1) is 10.7. The van der Waals surface area contributed by atoms with E-state index in [0.717, 1.165) is 25.8 Å². The van der Waals surface area contributed by atoms with E-state index in [2.05, 4.69) is 10.1 Å². The molecule has 76 valence electrons. The van der Waals surface area contributed by atoms with Crippen LogP contribution in [-0.4, -0.2) is 25.8 Å². The molecule has 1 aliphatic heterocycles. The molecular weight excluding hydrogens is 180 g/mol. The second kappa shape index (κ2) is 4.72. The fourth-order valence-electron chi connectivity index (χ4n) is 1.58. The molecule has 4 heteroatoms. The van der Waals surface area contributed by atoms with Crippen molar-refractivity contribution in [2.24, 2.45) is 5.18 Å². The molecule has 1 aromatic rings. The predicted molar refractivity (Wildman–Crippen MR) is 57.0 cm³/mol. The number of aliphatic hydroxyl groups is 1. The Labute approximate surface area is 83.1 Å². The summed E-state index contributed by atoms with van der Waals surface area (Å²) in [4.78, 5) is 12.4. The van der Waals surface area contributed by atoms with E-state index in [4.69, 9.17) is 5.11 Å². The van der Waals surface area contributed by atoms with Gasteiger partial charge in [-0.3, -0.25) is 0 Å². The Morgan fingerprint density at radius 2 is 2.14 bits per heavy atom. The lowest BCUT2D eigenvalue weighted by Crippen LogP contribution is -2.12. The van der Waals surface area contributed by atoms with Crippen molar-refractivity contribution in [1.29, 1.82) is 0 Å². The molecule has 1 heterocycles. The number of fused-ring (bicyclic) bond motifs is 1. The van der Waals surface area contributed by atoms with E-state index in [9.17, 15) is 4.91 Å². The van der Waals surface area contributed by atoms with Crippen LogP contribution in [0.25, 0.3) is 0 Å². The molecule has 1 aromatic carbocycles. The molecule has 0 aromatic heterocycles. The van der Waals surface area contributed by atoms with Gasteiger partial charge in [-0.2, -0.15) is 0 Å². The largest absolute Gasteiger partial charge is 0.400 e. The van der Waals surface area contributed by atoms with Crippen LogP contribution in [0.1, 0.15) is 5.56 Å². The van der Waals surface area contributed by atoms with E-state index in [1.54, 1.807) is 6.07 Å². The molecule has 4 nitrogen and oxygen atoms in total. The molecule has 14 heavy (non-hydrogen) atoms. The van der Waals surface area contributed by atoms with Crippen molar-refractivity contribution in [1.82, 2.24) is 0 Å². The van der Waals surface area contributed by atoms with Crippen LogP contribution in [0.5, 0.6) is 0 Å². The van der Waals surface area contributed by atoms with Gasteiger partial charge in [-0.1, -0.05) is 6.07 Å². The lowest BCUT2D eigenvalue weighted by molar-refractivity contribution is 0.399. The Morgan fingerprint density at radius 1 is 1.43 bits per heavy atom. The standard InChI is InChI=1S/C9H10N2O.CH4O/c1-11-5-4-7-2-3-8(10-12)6-9(7)11;1-2/h2-3,6H,4-5H2,1H3;2H,1H3. The van der Waals surface area contributed by atoms with E-state index < -0.39 is 0 Å². The van der Waals surface area contributed by atoms with Crippen LogP contribution in [0.4, 0.5) is 11.4 Å². The predicted octanol–water partition coefficient (Wildman–Crippen LogP) is 1.69. The van der Waals surface area contributed by atoms with Gasteiger partial charge < -0.3 is 10.0 Å². The third kappa shape index (κ3) is 1.90. The van der Waals surface area contributed by atoms with Crippen molar-refractivity contribution >= 4 is 11.4 Å². The van der Waals surface area contributed by atoms with Crippen LogP contribution in [-0.2, 0) is 6.42 Å². The maximum atomic E-state index is 10.2. The zero-order chi connectivity index (χ0) is 10.6. The highest BCUT2D eigenvalue weighted by atomic mass is 16.3. The van der Waals surface area contributed by atoms with Crippen LogP contribution in [0, 0.1) is 4.91 Å². The van der Waals surface area contributed by atoms with Crippen LogP contribution >= 0.6 is 0 Å². The highest BCUT2D eigenvalue weighted by Crippen LogP contribution is 2.30. The van der Waals surface area contributed by atoms with Gasteiger partial charge in [0, 0.05) is 26.4 Å². The quantitative estimate of drug-likeness (QED) is 0.692. The third-order valence-corrected chi connectivity index (χ3v) is 2.30. The summed E-state index contributed by atoms with van der Waals surface area (Å²) in [6.45, 7) is 1.04. The van der Waals surface area contributed by atoms with Crippen molar-refractivity contribution in [3.63, 3.8) is 0 Å². The molecule has 2 rings (SSSR count). The molecular formula is C10H14N2O2. The first-order valence-corrected chi connectivity index (χ1v) is 4.43. The third-order valence-electron chi connectivity index (χ3n) is 2.30. The van der Waals surface area contributed by atoms with Crippen LogP contribution in [0.15, 0.2) is 23.4 Å². The Bertz CT molecular complexity index is 326. The smallest absolute Gasteiger partial charge is 0.110 e. The van der Waals surface area contributed by atoms with Gasteiger partial charge >= 0.3 is 0 Å². The Kier molecular flexibility index (Phi) is 3.59. The summed E-state index contributed by atoms with van der Waals surface area (Å²) >= 11 is 0. The normalized spacial score (nSPS) is 12.9. The number of benzene rings is 1. The SMILES string of the molecule is CN1CCc2ccc(N=O)cc21.CO. The first-order valence-electron chi connectivity index (χ1n) is 4.43. The van der Waals surface area contributed by atoms with Crippen molar-refractivity contribution in [3.05, 3.63) is 28.7 Å². The van der Waals surface area contributed by atoms with Gasteiger partial charge in [-0.15, -0.1) is 4.91 Å². The van der Waals surface area contributed by atoms with Crippen LogP contribution in [0.3, 0.4) is 0 Å². The fourth-order valence-corrected chi connectivity index (χ4v) is 1.58. The summed E-state index contributed by atoms with van der Waals surface area (Å²) in [5.41, 5.74) is 2.97. The summed E-state index contributed by atoms with van der Waals surface area (Å²) in [6.07, 6.45) is 1.07. The molecule has 0 radical (unpaired) electrons. The number of anilines is 1.